The lowest BCUT2D eigenvalue weighted by Gasteiger charge is -2.07. The summed E-state index contributed by atoms with van der Waals surface area (Å²) in [4.78, 5) is 29.7. The number of carbonyl (C=O) groups excluding carboxylic acids is 1. The van der Waals surface area contributed by atoms with E-state index < -0.39 is 0 Å². The second-order valence-electron chi connectivity index (χ2n) is 6.75. The van der Waals surface area contributed by atoms with Crippen LogP contribution in [0.3, 0.4) is 0 Å². The summed E-state index contributed by atoms with van der Waals surface area (Å²) in [5.74, 6) is -0.193. The van der Waals surface area contributed by atoms with Crippen molar-refractivity contribution in [3.63, 3.8) is 0 Å². The summed E-state index contributed by atoms with van der Waals surface area (Å²) in [6, 6.07) is 12.6. The van der Waals surface area contributed by atoms with E-state index in [0.717, 1.165) is 16.8 Å². The molecule has 0 aliphatic carbocycles. The highest BCUT2D eigenvalue weighted by atomic mass is 35.5. The van der Waals surface area contributed by atoms with Gasteiger partial charge in [-0.1, -0.05) is 17.7 Å². The zero-order chi connectivity index (χ0) is 19.8. The van der Waals surface area contributed by atoms with Crippen LogP contribution >= 0.6 is 11.6 Å². The fourth-order valence-electron chi connectivity index (χ4n) is 3.20. The Bertz CT molecular complexity index is 1240. The van der Waals surface area contributed by atoms with E-state index in [1.165, 1.54) is 17.1 Å². The number of aryl methyl sites for hydroxylation is 2. The third kappa shape index (κ3) is 3.34. The van der Waals surface area contributed by atoms with Crippen molar-refractivity contribution in [3.05, 3.63) is 87.1 Å². The Morgan fingerprint density at radius 3 is 2.43 bits per heavy atom. The molecule has 28 heavy (non-hydrogen) atoms. The van der Waals surface area contributed by atoms with Gasteiger partial charge in [-0.05, 0) is 61.4 Å². The highest BCUT2D eigenvalue weighted by Gasteiger charge is 2.14. The van der Waals surface area contributed by atoms with E-state index in [1.807, 2.05) is 26.0 Å². The van der Waals surface area contributed by atoms with E-state index in [0.29, 0.717) is 21.6 Å². The molecule has 0 fully saturated rings. The first-order valence-electron chi connectivity index (χ1n) is 8.73. The van der Waals surface area contributed by atoms with Crippen molar-refractivity contribution in [2.24, 2.45) is 0 Å². The van der Waals surface area contributed by atoms with Crippen molar-refractivity contribution in [1.82, 2.24) is 19.3 Å². The highest BCUT2D eigenvalue weighted by molar-refractivity contribution is 6.30. The second-order valence-corrected chi connectivity index (χ2v) is 7.18. The molecule has 140 valence electrons. The number of halogens is 1. The number of nitrogens with zero attached hydrogens (tertiary/aromatic N) is 4. The number of carbonyl (C=O) groups is 1. The zero-order valence-corrected chi connectivity index (χ0v) is 16.1. The van der Waals surface area contributed by atoms with Gasteiger partial charge >= 0.3 is 0 Å². The molecule has 0 unspecified atom stereocenters. The maximum atomic E-state index is 12.8. The number of ketones is 1. The fraction of sp³-hybridized carbons (Fsp3) is 0.143. The Labute approximate surface area is 166 Å². The van der Waals surface area contributed by atoms with Crippen LogP contribution in [0, 0.1) is 13.8 Å². The van der Waals surface area contributed by atoms with E-state index in [-0.39, 0.29) is 17.9 Å². The molecule has 0 saturated heterocycles. The number of aromatic nitrogens is 4. The number of hydrogen-bond acceptors (Lipinski definition) is 4. The van der Waals surface area contributed by atoms with E-state index in [4.69, 9.17) is 11.6 Å². The Hall–Kier alpha value is -3.25. The molecule has 0 radical (unpaired) electrons. The molecular weight excluding hydrogens is 376 g/mol. The van der Waals surface area contributed by atoms with Crippen molar-refractivity contribution in [1.29, 1.82) is 0 Å². The monoisotopic (exact) mass is 392 g/mol. The standard InChI is InChI=1S/C21H17ClN4O2/c1-13-7-14(2)9-17(8-13)26-20-18(10-24-26)21(28)25(12-23-20)11-19(27)15-3-5-16(22)6-4-15/h3-10,12H,11H2,1-2H3. The molecule has 0 aliphatic rings. The van der Waals surface area contributed by atoms with Crippen LogP contribution in [-0.4, -0.2) is 25.1 Å². The van der Waals surface area contributed by atoms with Crippen molar-refractivity contribution in [2.75, 3.05) is 0 Å². The number of fused-ring (bicyclic) bond motifs is 1. The quantitative estimate of drug-likeness (QED) is 0.496. The van der Waals surface area contributed by atoms with E-state index in [2.05, 4.69) is 16.1 Å². The molecule has 0 amide bonds. The lowest BCUT2D eigenvalue weighted by Crippen LogP contribution is -2.24. The Balaban J connectivity index is 1.71. The van der Waals surface area contributed by atoms with E-state index in [9.17, 15) is 9.59 Å². The smallest absolute Gasteiger partial charge is 0.264 e. The first-order valence-corrected chi connectivity index (χ1v) is 9.11. The normalized spacial score (nSPS) is 11.1. The Morgan fingerprint density at radius 1 is 1.07 bits per heavy atom. The van der Waals surface area contributed by atoms with E-state index in [1.54, 1.807) is 28.9 Å². The van der Waals surface area contributed by atoms with Crippen LogP contribution in [0.5, 0.6) is 0 Å². The molecule has 4 rings (SSSR count). The molecule has 4 aromatic rings. The summed E-state index contributed by atoms with van der Waals surface area (Å²) in [6.45, 7) is 3.91. The first-order chi connectivity index (χ1) is 13.4. The molecular formula is C21H17ClN4O2. The SMILES string of the molecule is Cc1cc(C)cc(-n2ncc3c(=O)n(CC(=O)c4ccc(Cl)cc4)cnc32)c1. The van der Waals surface area contributed by atoms with Crippen LogP contribution in [0.4, 0.5) is 0 Å². The van der Waals surface area contributed by atoms with Gasteiger partial charge in [-0.2, -0.15) is 5.10 Å². The van der Waals surface area contributed by atoms with Crippen molar-refractivity contribution >= 4 is 28.4 Å². The third-order valence-corrected chi connectivity index (χ3v) is 4.74. The molecule has 6 nitrogen and oxygen atoms in total. The number of benzene rings is 2. The van der Waals surface area contributed by atoms with Gasteiger partial charge in [0.15, 0.2) is 11.4 Å². The average Bonchev–Trinajstić information content (AvgIpc) is 3.08. The van der Waals surface area contributed by atoms with Gasteiger partial charge in [-0.3, -0.25) is 14.2 Å². The van der Waals surface area contributed by atoms with Crippen LogP contribution in [0.15, 0.2) is 59.8 Å². The molecule has 0 spiro atoms. The molecule has 0 atom stereocenters. The largest absolute Gasteiger partial charge is 0.292 e. The summed E-state index contributed by atoms with van der Waals surface area (Å²) in [5, 5.41) is 5.26. The predicted molar refractivity (Wildman–Crippen MR) is 108 cm³/mol. The fourth-order valence-corrected chi connectivity index (χ4v) is 3.33. The molecule has 2 aromatic heterocycles. The topological polar surface area (TPSA) is 69.8 Å². The molecule has 7 heteroatoms. The number of rotatable bonds is 4. The maximum Gasteiger partial charge on any atom is 0.264 e. The van der Waals surface area contributed by atoms with Crippen molar-refractivity contribution in [2.45, 2.75) is 20.4 Å². The van der Waals surface area contributed by atoms with Crippen LogP contribution in [0.2, 0.25) is 5.02 Å². The lowest BCUT2D eigenvalue weighted by molar-refractivity contribution is 0.0970. The van der Waals surface area contributed by atoms with Gasteiger partial charge in [0.25, 0.3) is 5.56 Å². The third-order valence-electron chi connectivity index (χ3n) is 4.49. The predicted octanol–water partition coefficient (Wildman–Crippen LogP) is 3.74. The summed E-state index contributed by atoms with van der Waals surface area (Å²) in [7, 11) is 0. The van der Waals surface area contributed by atoms with Gasteiger partial charge < -0.3 is 0 Å². The van der Waals surface area contributed by atoms with Gasteiger partial charge in [0.05, 0.1) is 18.4 Å². The summed E-state index contributed by atoms with van der Waals surface area (Å²) in [6.07, 6.45) is 2.88. The summed E-state index contributed by atoms with van der Waals surface area (Å²) < 4.78 is 2.94. The van der Waals surface area contributed by atoms with E-state index >= 15 is 0 Å². The van der Waals surface area contributed by atoms with Gasteiger partial charge in [0, 0.05) is 10.6 Å². The van der Waals surface area contributed by atoms with Gasteiger partial charge in [0.2, 0.25) is 0 Å². The molecule has 0 N–H and O–H groups in total. The summed E-state index contributed by atoms with van der Waals surface area (Å²) >= 11 is 5.85. The zero-order valence-electron chi connectivity index (χ0n) is 15.4. The minimum absolute atomic E-state index is 0.0991. The van der Waals surface area contributed by atoms with Crippen molar-refractivity contribution < 1.29 is 4.79 Å². The molecule has 0 bridgehead atoms. The second kappa shape index (κ2) is 7.05. The molecule has 0 saturated carbocycles. The Morgan fingerprint density at radius 2 is 1.75 bits per heavy atom. The minimum Gasteiger partial charge on any atom is -0.292 e. The molecule has 2 aromatic carbocycles. The van der Waals surface area contributed by atoms with Crippen LogP contribution in [0.25, 0.3) is 16.7 Å². The summed E-state index contributed by atoms with van der Waals surface area (Å²) in [5.41, 5.74) is 3.69. The average molecular weight is 393 g/mol. The lowest BCUT2D eigenvalue weighted by atomic mass is 10.1. The van der Waals surface area contributed by atoms with Crippen LogP contribution in [-0.2, 0) is 6.54 Å². The molecule has 0 aliphatic heterocycles. The maximum absolute atomic E-state index is 12.8. The number of hydrogen-bond donors (Lipinski definition) is 0. The van der Waals surface area contributed by atoms with Crippen LogP contribution < -0.4 is 5.56 Å². The van der Waals surface area contributed by atoms with Crippen molar-refractivity contribution in [3.8, 4) is 5.69 Å². The highest BCUT2D eigenvalue weighted by Crippen LogP contribution is 2.17. The molecule has 2 heterocycles. The van der Waals surface area contributed by atoms with Crippen LogP contribution in [0.1, 0.15) is 21.5 Å². The first kappa shape index (κ1) is 18.1. The minimum atomic E-state index is -0.303. The Kier molecular flexibility index (Phi) is 4.57. The number of Topliss-reactive ketones (excluding diaryl/α,β-unsaturated/α-hetero) is 1. The van der Waals surface area contributed by atoms with Gasteiger partial charge in [-0.15, -0.1) is 0 Å². The van der Waals surface area contributed by atoms with Gasteiger partial charge in [-0.25, -0.2) is 9.67 Å². The van der Waals surface area contributed by atoms with Gasteiger partial charge in [0.1, 0.15) is 11.7 Å².